The van der Waals surface area contributed by atoms with E-state index in [4.69, 9.17) is 133 Å². The van der Waals surface area contributed by atoms with Crippen LogP contribution in [0, 0.1) is 5.92 Å². The number of H-pyrrole nitrogens is 4. The van der Waals surface area contributed by atoms with Crippen LogP contribution in [0.25, 0.3) is 106 Å². The van der Waals surface area contributed by atoms with Crippen LogP contribution in [0.2, 0.25) is 20.1 Å². The minimum absolute atomic E-state index is 0.108. The lowest BCUT2D eigenvalue weighted by Gasteiger charge is -2.28. The topological polar surface area (TPSA) is 417 Å². The Morgan fingerprint density at radius 1 is 0.391 bits per heavy atom. The van der Waals surface area contributed by atoms with E-state index in [1.165, 1.54) is 22.4 Å². The molecule has 12 aromatic rings. The summed E-state index contributed by atoms with van der Waals surface area (Å²) in [5, 5.41) is 60.1. The fourth-order valence-electron chi connectivity index (χ4n) is 19.9. The van der Waals surface area contributed by atoms with Gasteiger partial charge in [-0.3, -0.25) is 14.4 Å². The van der Waals surface area contributed by atoms with E-state index in [0.717, 1.165) is 141 Å². The Balaban J connectivity index is 0.000000110. The first-order valence-corrected chi connectivity index (χ1v) is 47.9. The van der Waals surface area contributed by atoms with Crippen LogP contribution in [-0.4, -0.2) is 308 Å². The number of aliphatic carboxylic acids is 1. The maximum absolute atomic E-state index is 11.7. The summed E-state index contributed by atoms with van der Waals surface area (Å²) in [7, 11) is 0. The summed E-state index contributed by atoms with van der Waals surface area (Å²) in [6.07, 6.45) is 3.53. The number of anilines is 1. The maximum atomic E-state index is 11.7. The second-order valence-corrected chi connectivity index (χ2v) is 37.8. The molecule has 11 aliphatic heterocycles. The third-order valence-corrected chi connectivity index (χ3v) is 28.5. The van der Waals surface area contributed by atoms with Crippen molar-refractivity contribution in [3.63, 3.8) is 0 Å². The molecule has 33 nitrogen and oxygen atoms in total. The number of carbonyl (C=O) groups excluding carboxylic acids is 2. The lowest BCUT2D eigenvalue weighted by Crippen LogP contribution is -2.36. The molecule has 1 aliphatic carbocycles. The highest BCUT2D eigenvalue weighted by molar-refractivity contribution is 6.35. The summed E-state index contributed by atoms with van der Waals surface area (Å²) < 4.78 is 74.8. The smallest absolute Gasteiger partial charge is 0.306 e. The molecule has 9 saturated heterocycles. The van der Waals surface area contributed by atoms with Crippen molar-refractivity contribution in [1.82, 2.24) is 49.7 Å². The SMILES string of the molecule is CC(=O)N1CC=C(c2ccc(-c3nc4cc(O[C@@H]5CO[C@H]6[C@@H]5OC[C@H]6O)[nH]c4cc3Cl)cc2)CC1.O=C(CO)N1CC=C(c2ccc(-c3nc4cc(O[C@@H]5CO[C@H]6[C@@H]5OC[C@H]6O)[nH]c4cc3Cl)cc2)CC1.O=C(O)C1CC=C(c2ccc(-c3nc4cc(O[C@@H]5CO[C@H]6[C@@H]5OC[C@H]6O)[nH]c4cc3Cl)cc2)CC1.O[C@@H]1CO[C@H]2[C@@H]1OC[C@H]2Oc1cc2nc(-c3ccc(N4CCOCC4)cc3)c(Cl)cc2[nH]1. The van der Waals surface area contributed by atoms with Crippen LogP contribution in [0.1, 0.15) is 55.7 Å². The van der Waals surface area contributed by atoms with E-state index in [0.29, 0.717) is 120 Å². The molecule has 720 valence electrons. The molecular formula is C101H101Cl4N11O22. The van der Waals surface area contributed by atoms with Crippen molar-refractivity contribution in [3.8, 4) is 68.5 Å². The van der Waals surface area contributed by atoms with E-state index >= 15 is 0 Å². The number of benzene rings is 4. The first-order valence-electron chi connectivity index (χ1n) is 46.4. The van der Waals surface area contributed by atoms with Crippen LogP contribution in [0.15, 0.2) is 164 Å². The van der Waals surface area contributed by atoms with Crippen LogP contribution >= 0.6 is 46.4 Å². The minimum Gasteiger partial charge on any atom is -0.481 e. The third kappa shape index (κ3) is 19.6. The van der Waals surface area contributed by atoms with E-state index in [1.807, 2.05) is 138 Å². The number of carboxylic acid groups (broad SMARTS) is 1. The van der Waals surface area contributed by atoms with Crippen molar-refractivity contribution in [3.05, 3.63) is 201 Å². The van der Waals surface area contributed by atoms with E-state index in [2.05, 4.69) is 55.2 Å². The van der Waals surface area contributed by atoms with Crippen molar-refractivity contribution < 1.29 is 107 Å². The summed E-state index contributed by atoms with van der Waals surface area (Å²) in [6.45, 7) is 9.39. The van der Waals surface area contributed by atoms with Crippen LogP contribution in [0.3, 0.4) is 0 Å². The van der Waals surface area contributed by atoms with Gasteiger partial charge in [-0.05, 0) is 102 Å². The molecule has 0 bridgehead atoms. The number of amides is 2. The number of carboxylic acids is 1. The number of halogens is 4. The molecule has 0 radical (unpaired) electrons. The quantitative estimate of drug-likeness (QED) is 0.0381. The Morgan fingerprint density at radius 2 is 0.696 bits per heavy atom. The molecule has 2 amide bonds. The van der Waals surface area contributed by atoms with Gasteiger partial charge in [0.25, 0.3) is 0 Å². The fourth-order valence-corrected chi connectivity index (χ4v) is 20.9. The second kappa shape index (κ2) is 40.2. The average Bonchev–Trinajstić information content (AvgIpc) is 1.65. The second-order valence-electron chi connectivity index (χ2n) is 36.2. The third-order valence-electron chi connectivity index (χ3n) is 27.4. The summed E-state index contributed by atoms with van der Waals surface area (Å²) in [4.78, 5) is 72.2. The summed E-state index contributed by atoms with van der Waals surface area (Å²) in [5.74, 6) is 1.05. The first kappa shape index (κ1) is 93.2. The molecular weight excluding hydrogens is 1860 g/mol. The number of ether oxygens (including phenoxy) is 13. The Morgan fingerprint density at radius 3 is 0.986 bits per heavy atom. The van der Waals surface area contributed by atoms with Gasteiger partial charge in [0.15, 0.2) is 47.9 Å². The van der Waals surface area contributed by atoms with E-state index in [9.17, 15) is 39.9 Å². The predicted octanol–water partition coefficient (Wildman–Crippen LogP) is 12.5. The zero-order chi connectivity index (χ0) is 94.7. The molecule has 0 spiro atoms. The van der Waals surface area contributed by atoms with Crippen LogP contribution in [0.4, 0.5) is 5.69 Å². The molecule has 4 aromatic carbocycles. The van der Waals surface area contributed by atoms with Crippen molar-refractivity contribution in [2.45, 2.75) is 137 Å². The average molecular weight is 1960 g/mol. The van der Waals surface area contributed by atoms with E-state index in [1.54, 1.807) is 11.8 Å². The fraction of sp³-hybridized carbons (Fsp3) is 0.396. The molecule has 17 atom stereocenters. The highest BCUT2D eigenvalue weighted by Gasteiger charge is 2.52. The number of carbonyl (C=O) groups is 3. The first-order chi connectivity index (χ1) is 67.1. The number of aromatic amines is 4. The number of hydrogen-bond donors (Lipinski definition) is 10. The molecule has 8 aromatic heterocycles. The van der Waals surface area contributed by atoms with Gasteiger partial charge in [-0.1, -0.05) is 150 Å². The number of allylic oxidation sites excluding steroid dienone is 2. The standard InChI is InChI=1S/C26H26ClN3O6.C26H26ClN3O5.C26H25ClN2O6.C23H24ClN3O5/c27-17-9-18-19(10-22(28-18)36-21-13-35-25-20(32)12-34-26(21)25)29-24(17)16-3-1-14(2-4-16)15-5-7-30(8-6-15)23(33)11-31;1-14(31)30-8-6-16(7-9-30)15-2-4-17(5-3-15)24-18(27)10-19-20(29-24)11-23(28-19)35-22-13-34-25-21(32)12-33-26(22)25;27-17-9-18-19(10-22(28-18)35-21-12-34-24-20(30)11-33-25(21)24)29-23(17)15-5-1-13(2-6-15)14-3-7-16(8-4-14)26(31)32;24-15-9-16-17(10-20(25-16)32-19-12-31-22-18(28)11-30-23(19)22)26-21(15)13-1-3-14(4-2-13)27-5-7-29-8-6-27/h1-5,9-10,20-21,25-26,28,31-32H,6-8,11-13H2;2-6,10-11,21-22,25-26,28,32H,7-9,12-13H2,1H3;1-3,5-6,9-10,16,20-21,24-25,28,30H,4,7-8,11-12H2,(H,31,32);1-4,9-10,18-19,22-23,25,28H,5-8,11-12H2/t20-,21-,25-,26-;21-,22-,25-,26-;16?,20-,21-,24-,25-;18-,19-,22-,23-/m1111/s1. The molecule has 1 unspecified atom stereocenters. The van der Waals surface area contributed by atoms with Crippen molar-refractivity contribution >= 4 is 131 Å². The lowest BCUT2D eigenvalue weighted by atomic mass is 9.86. The molecule has 0 saturated carbocycles. The summed E-state index contributed by atoms with van der Waals surface area (Å²) in [5.41, 5.74) is 20.5. The van der Waals surface area contributed by atoms with Gasteiger partial charge in [-0.15, -0.1) is 0 Å². The summed E-state index contributed by atoms with van der Waals surface area (Å²) in [6, 6.07) is 47.3. The Hall–Kier alpha value is -11.1. The van der Waals surface area contributed by atoms with Gasteiger partial charge in [0.1, 0.15) is 79.9 Å². The van der Waals surface area contributed by atoms with E-state index in [-0.39, 0.29) is 117 Å². The Bertz CT molecular complexity index is 6410. The van der Waals surface area contributed by atoms with Gasteiger partial charge in [-0.2, -0.15) is 0 Å². The number of aliphatic hydroxyl groups is 5. The van der Waals surface area contributed by atoms with Crippen LogP contribution in [-0.2, 0) is 57.0 Å². The normalized spacial score (nSPS) is 26.9. The molecule has 24 rings (SSSR count). The maximum Gasteiger partial charge on any atom is 0.306 e. The van der Waals surface area contributed by atoms with Gasteiger partial charge in [0.05, 0.1) is 159 Å². The number of hydrogen-bond acceptors (Lipinski definition) is 26. The van der Waals surface area contributed by atoms with Gasteiger partial charge in [0, 0.05) is 98.4 Å². The number of nitrogens with zero attached hydrogens (tertiary/aromatic N) is 7. The highest BCUT2D eigenvalue weighted by Crippen LogP contribution is 2.43. The zero-order valence-electron chi connectivity index (χ0n) is 74.8. The number of morpholine rings is 1. The van der Waals surface area contributed by atoms with Crippen LogP contribution < -0.4 is 23.8 Å². The van der Waals surface area contributed by atoms with Crippen molar-refractivity contribution in [1.29, 1.82) is 0 Å². The number of aromatic nitrogens is 8. The predicted molar refractivity (Wildman–Crippen MR) is 513 cm³/mol. The number of fused-ring (bicyclic) bond motifs is 8. The zero-order valence-corrected chi connectivity index (χ0v) is 77.8. The van der Waals surface area contributed by atoms with Crippen LogP contribution in [0.5, 0.6) is 23.5 Å². The number of pyridine rings is 4. The monoisotopic (exact) mass is 1960 g/mol. The number of rotatable bonds is 18. The van der Waals surface area contributed by atoms with Gasteiger partial charge in [-0.25, -0.2) is 19.9 Å². The molecule has 10 N–H and O–H groups in total. The molecule has 138 heavy (non-hydrogen) atoms. The number of aliphatic hydroxyl groups excluding tert-OH is 5. The largest absolute Gasteiger partial charge is 0.481 e. The number of nitrogens with one attached hydrogen (secondary N) is 4. The Kier molecular flexibility index (Phi) is 27.2. The van der Waals surface area contributed by atoms with Gasteiger partial charge >= 0.3 is 5.97 Å². The molecule has 9 fully saturated rings. The minimum atomic E-state index is -0.725. The molecule has 37 heteroatoms. The highest BCUT2D eigenvalue weighted by atomic mass is 35.5. The van der Waals surface area contributed by atoms with E-state index < -0.39 is 37.0 Å². The lowest BCUT2D eigenvalue weighted by molar-refractivity contribution is -0.142. The van der Waals surface area contributed by atoms with Gasteiger partial charge < -0.3 is 127 Å². The van der Waals surface area contributed by atoms with Crippen molar-refractivity contribution in [2.75, 3.05) is 117 Å². The van der Waals surface area contributed by atoms with Crippen molar-refractivity contribution in [2.24, 2.45) is 5.92 Å². The molecule has 12 aliphatic rings. The summed E-state index contributed by atoms with van der Waals surface area (Å²) >= 11 is 26.4. The Labute approximate surface area is 810 Å². The van der Waals surface area contributed by atoms with Gasteiger partial charge in [0.2, 0.25) is 11.8 Å². The molecule has 19 heterocycles.